The highest BCUT2D eigenvalue weighted by molar-refractivity contribution is 5.94. The Bertz CT molecular complexity index is 946. The number of hydroxylamine groups is 2. The first-order valence-corrected chi connectivity index (χ1v) is 11.3. The third-order valence-electron chi connectivity index (χ3n) is 6.87. The molecule has 1 aliphatic heterocycles. The normalized spacial score (nSPS) is 23.7. The highest BCUT2D eigenvalue weighted by Gasteiger charge is 2.37. The van der Waals surface area contributed by atoms with Crippen molar-refractivity contribution in [3.8, 4) is 0 Å². The Morgan fingerprint density at radius 2 is 1.71 bits per heavy atom. The number of rotatable bonds is 5. The first-order valence-electron chi connectivity index (χ1n) is 11.3. The van der Waals surface area contributed by atoms with E-state index in [9.17, 15) is 9.59 Å². The second-order valence-corrected chi connectivity index (χ2v) is 9.15. The fourth-order valence-electron chi connectivity index (χ4n) is 4.97. The second-order valence-electron chi connectivity index (χ2n) is 9.15. The molecular formula is C26H32N2O3. The van der Waals surface area contributed by atoms with Crippen LogP contribution in [0.3, 0.4) is 0 Å². The van der Waals surface area contributed by atoms with Gasteiger partial charge in [-0.2, -0.15) is 0 Å². The zero-order valence-electron chi connectivity index (χ0n) is 18.5. The fourth-order valence-corrected chi connectivity index (χ4v) is 4.97. The Balaban J connectivity index is 1.35. The Labute approximate surface area is 184 Å². The Kier molecular flexibility index (Phi) is 6.42. The van der Waals surface area contributed by atoms with Gasteiger partial charge < -0.3 is 5.73 Å². The molecule has 2 N–H and O–H groups in total. The van der Waals surface area contributed by atoms with Crippen LogP contribution in [0.5, 0.6) is 0 Å². The topological polar surface area (TPSA) is 72.6 Å². The highest BCUT2D eigenvalue weighted by Crippen LogP contribution is 2.37. The molecule has 0 aromatic heterocycles. The minimum atomic E-state index is -0.373. The van der Waals surface area contributed by atoms with Crippen LogP contribution in [0.15, 0.2) is 42.5 Å². The molecule has 1 saturated carbocycles. The first-order chi connectivity index (χ1) is 14.9. The van der Waals surface area contributed by atoms with Crippen molar-refractivity contribution in [2.24, 2.45) is 17.6 Å². The maximum Gasteiger partial charge on any atom is 0.249 e. The molecule has 2 aromatic rings. The summed E-state index contributed by atoms with van der Waals surface area (Å²) in [4.78, 5) is 30.6. The predicted molar refractivity (Wildman–Crippen MR) is 120 cm³/mol. The van der Waals surface area contributed by atoms with Crippen LogP contribution in [0.2, 0.25) is 0 Å². The maximum absolute atomic E-state index is 13.2. The molecule has 5 heteroatoms. The number of hydrogen-bond donors (Lipinski definition) is 1. The molecule has 0 spiro atoms. The van der Waals surface area contributed by atoms with E-state index in [1.165, 1.54) is 5.56 Å². The van der Waals surface area contributed by atoms with Crippen molar-refractivity contribution in [2.75, 3.05) is 6.61 Å². The number of nitrogens with two attached hydrogens (primary N) is 1. The third-order valence-corrected chi connectivity index (χ3v) is 6.87. The summed E-state index contributed by atoms with van der Waals surface area (Å²) in [5, 5.41) is 1.65. The lowest BCUT2D eigenvalue weighted by Crippen LogP contribution is -2.36. The fraction of sp³-hybridized carbons (Fsp3) is 0.462. The summed E-state index contributed by atoms with van der Waals surface area (Å²) in [6.45, 7) is 4.57. The number of amides is 2. The van der Waals surface area contributed by atoms with E-state index < -0.39 is 0 Å². The van der Waals surface area contributed by atoms with Gasteiger partial charge in [-0.05, 0) is 74.6 Å². The van der Waals surface area contributed by atoms with Crippen LogP contribution in [0.25, 0.3) is 0 Å². The molecule has 1 saturated heterocycles. The van der Waals surface area contributed by atoms with Gasteiger partial charge in [0.1, 0.15) is 0 Å². The van der Waals surface area contributed by atoms with E-state index in [0.717, 1.165) is 55.2 Å². The molecule has 2 amide bonds. The molecule has 2 fully saturated rings. The summed E-state index contributed by atoms with van der Waals surface area (Å²) < 4.78 is 0. The number of hydrogen-bond acceptors (Lipinski definition) is 3. The van der Waals surface area contributed by atoms with Crippen molar-refractivity contribution in [1.29, 1.82) is 0 Å². The minimum absolute atomic E-state index is 0.0191. The number of nitrogens with zero attached hydrogens (tertiary/aromatic N) is 1. The van der Waals surface area contributed by atoms with Crippen molar-refractivity contribution < 1.29 is 14.4 Å². The zero-order chi connectivity index (χ0) is 22.0. The number of benzene rings is 2. The molecule has 1 atom stereocenters. The zero-order valence-corrected chi connectivity index (χ0v) is 18.5. The van der Waals surface area contributed by atoms with Gasteiger partial charge in [0, 0.05) is 17.9 Å². The summed E-state index contributed by atoms with van der Waals surface area (Å²) in [5.41, 5.74) is 10.5. The number of aryl methyl sites for hydroxylation is 2. The van der Waals surface area contributed by atoms with Gasteiger partial charge in [0.05, 0.1) is 12.6 Å². The lowest BCUT2D eigenvalue weighted by Gasteiger charge is -2.32. The van der Waals surface area contributed by atoms with Crippen molar-refractivity contribution in [1.82, 2.24) is 5.06 Å². The van der Waals surface area contributed by atoms with E-state index in [0.29, 0.717) is 18.1 Å². The Hall–Kier alpha value is -2.66. The van der Waals surface area contributed by atoms with Gasteiger partial charge in [-0.25, -0.2) is 5.06 Å². The molecule has 0 radical (unpaired) electrons. The lowest BCUT2D eigenvalue weighted by atomic mass is 9.78. The largest absolute Gasteiger partial charge is 0.366 e. The van der Waals surface area contributed by atoms with Crippen LogP contribution in [-0.4, -0.2) is 23.5 Å². The maximum atomic E-state index is 13.2. The van der Waals surface area contributed by atoms with Gasteiger partial charge in [-0.15, -0.1) is 0 Å². The van der Waals surface area contributed by atoms with E-state index >= 15 is 0 Å². The van der Waals surface area contributed by atoms with Crippen molar-refractivity contribution in [2.45, 2.75) is 58.4 Å². The molecule has 31 heavy (non-hydrogen) atoms. The molecular weight excluding hydrogens is 388 g/mol. The van der Waals surface area contributed by atoms with E-state index in [1.807, 2.05) is 19.1 Å². The molecule has 0 bridgehead atoms. The monoisotopic (exact) mass is 420 g/mol. The average Bonchev–Trinajstić information content (AvgIpc) is 3.25. The molecule has 164 valence electrons. The van der Waals surface area contributed by atoms with Gasteiger partial charge in [-0.1, -0.05) is 42.0 Å². The van der Waals surface area contributed by atoms with Crippen molar-refractivity contribution in [3.05, 3.63) is 70.3 Å². The van der Waals surface area contributed by atoms with Gasteiger partial charge >= 0.3 is 0 Å². The van der Waals surface area contributed by atoms with Gasteiger partial charge in [0.2, 0.25) is 11.8 Å². The molecule has 4 rings (SSSR count). The van der Waals surface area contributed by atoms with Crippen LogP contribution in [0, 0.1) is 25.7 Å². The van der Waals surface area contributed by atoms with Gasteiger partial charge in [-0.3, -0.25) is 14.4 Å². The molecule has 0 unspecified atom stereocenters. The highest BCUT2D eigenvalue weighted by atomic mass is 16.7. The quantitative estimate of drug-likeness (QED) is 0.765. The SMILES string of the molecule is Cc1ccc([C@@H]2CCON2C(=O)[C@H]2CC[C@H](Cc3ccc(C)c(C(N)=O)c3)CC2)cc1. The van der Waals surface area contributed by atoms with Crippen LogP contribution in [-0.2, 0) is 16.1 Å². The predicted octanol–water partition coefficient (Wildman–Crippen LogP) is 4.66. The Morgan fingerprint density at radius 1 is 1.00 bits per heavy atom. The van der Waals surface area contributed by atoms with Crippen molar-refractivity contribution >= 4 is 11.8 Å². The molecule has 2 aromatic carbocycles. The summed E-state index contributed by atoms with van der Waals surface area (Å²) in [6, 6.07) is 14.4. The smallest absolute Gasteiger partial charge is 0.249 e. The first kappa shape index (κ1) is 21.6. The van der Waals surface area contributed by atoms with Crippen LogP contribution in [0.4, 0.5) is 0 Å². The average molecular weight is 421 g/mol. The summed E-state index contributed by atoms with van der Waals surface area (Å²) in [5.74, 6) is 0.316. The van der Waals surface area contributed by atoms with Crippen LogP contribution < -0.4 is 5.73 Å². The van der Waals surface area contributed by atoms with Crippen LogP contribution in [0.1, 0.15) is 70.8 Å². The molecule has 5 nitrogen and oxygen atoms in total. The number of primary amides is 1. The van der Waals surface area contributed by atoms with Gasteiger partial charge in [0.25, 0.3) is 0 Å². The van der Waals surface area contributed by atoms with E-state index in [2.05, 4.69) is 37.3 Å². The van der Waals surface area contributed by atoms with Crippen molar-refractivity contribution in [3.63, 3.8) is 0 Å². The summed E-state index contributed by atoms with van der Waals surface area (Å²) in [7, 11) is 0. The minimum Gasteiger partial charge on any atom is -0.366 e. The Morgan fingerprint density at radius 3 is 2.39 bits per heavy atom. The van der Waals surface area contributed by atoms with Gasteiger partial charge in [0.15, 0.2) is 0 Å². The molecule has 1 aliphatic carbocycles. The number of carbonyl (C=O) groups is 2. The van der Waals surface area contributed by atoms with E-state index in [-0.39, 0.29) is 23.8 Å². The molecule has 2 aliphatic rings. The standard InChI is InChI=1S/C26H32N2O3/c1-17-3-9-21(10-4-17)24-13-14-31-28(24)26(30)22-11-7-19(8-12-22)15-20-6-5-18(2)23(16-20)25(27)29/h3-6,9-10,16,19,22,24H,7-8,11-15H2,1-2H3,(H2,27,29)/t19-,22-,24-/m0/s1. The summed E-state index contributed by atoms with van der Waals surface area (Å²) in [6.07, 6.45) is 5.57. The second kappa shape index (κ2) is 9.23. The number of carbonyl (C=O) groups excluding carboxylic acids is 2. The third kappa shape index (κ3) is 4.82. The molecule has 1 heterocycles. The van der Waals surface area contributed by atoms with Crippen LogP contribution >= 0.6 is 0 Å². The van der Waals surface area contributed by atoms with E-state index in [1.54, 1.807) is 5.06 Å². The van der Waals surface area contributed by atoms with E-state index in [4.69, 9.17) is 10.6 Å². The lowest BCUT2D eigenvalue weighted by molar-refractivity contribution is -0.183. The summed E-state index contributed by atoms with van der Waals surface area (Å²) >= 11 is 0.